The molecule has 0 spiro atoms. The topological polar surface area (TPSA) is 35.6 Å². The average Bonchev–Trinajstić information content (AvgIpc) is 2.72. The van der Waals surface area contributed by atoms with Gasteiger partial charge in [-0.2, -0.15) is 13.2 Å². The molecule has 1 unspecified atom stereocenters. The van der Waals surface area contributed by atoms with E-state index in [1.807, 2.05) is 4.90 Å². The highest BCUT2D eigenvalue weighted by Crippen LogP contribution is 2.23. The van der Waals surface area contributed by atoms with Gasteiger partial charge in [0.25, 0.3) is 0 Å². The second-order valence-electron chi connectivity index (χ2n) is 5.74. The van der Waals surface area contributed by atoms with Gasteiger partial charge in [0, 0.05) is 32.7 Å². The van der Waals surface area contributed by atoms with Crippen LogP contribution in [0.4, 0.5) is 13.2 Å². The number of alkyl halides is 3. The number of nitrogens with one attached hydrogen (secondary N) is 1. The zero-order valence-electron chi connectivity index (χ0n) is 12.2. The van der Waals surface area contributed by atoms with Crippen LogP contribution < -0.4 is 5.32 Å². The number of nitrogens with zero attached hydrogens (tertiary/aromatic N) is 2. The molecule has 2 aliphatic heterocycles. The molecule has 8 heteroatoms. The van der Waals surface area contributed by atoms with Crippen LogP contribution in [0.3, 0.4) is 0 Å². The minimum Gasteiger partial charge on any atom is -0.342 e. The van der Waals surface area contributed by atoms with E-state index in [2.05, 4.69) is 5.32 Å². The first kappa shape index (κ1) is 18.5. The lowest BCUT2D eigenvalue weighted by atomic mass is 10.0. The lowest BCUT2D eigenvalue weighted by Crippen LogP contribution is -2.51. The quantitative estimate of drug-likeness (QED) is 0.827. The fourth-order valence-corrected chi connectivity index (χ4v) is 2.83. The monoisotopic (exact) mass is 329 g/mol. The molecule has 4 nitrogen and oxygen atoms in total. The van der Waals surface area contributed by atoms with Gasteiger partial charge < -0.3 is 10.2 Å². The van der Waals surface area contributed by atoms with Crippen LogP contribution in [0.25, 0.3) is 0 Å². The van der Waals surface area contributed by atoms with Crippen LogP contribution in [0, 0.1) is 11.8 Å². The van der Waals surface area contributed by atoms with Crippen molar-refractivity contribution in [1.29, 1.82) is 0 Å². The zero-order chi connectivity index (χ0) is 14.8. The molecule has 21 heavy (non-hydrogen) atoms. The normalized spacial score (nSPS) is 23.1. The molecular weight excluding hydrogens is 307 g/mol. The summed E-state index contributed by atoms with van der Waals surface area (Å²) in [5, 5.41) is 3.06. The fourth-order valence-electron chi connectivity index (χ4n) is 2.83. The maximum Gasteiger partial charge on any atom is 0.401 e. The number of rotatable bonds is 5. The van der Waals surface area contributed by atoms with Gasteiger partial charge in [0.1, 0.15) is 0 Å². The largest absolute Gasteiger partial charge is 0.401 e. The molecule has 0 aromatic rings. The van der Waals surface area contributed by atoms with Crippen molar-refractivity contribution >= 4 is 18.3 Å². The molecule has 2 rings (SSSR count). The first-order chi connectivity index (χ1) is 9.39. The molecule has 0 bridgehead atoms. The Morgan fingerprint density at radius 1 is 1.38 bits per heavy atom. The summed E-state index contributed by atoms with van der Waals surface area (Å²) >= 11 is 0. The third kappa shape index (κ3) is 5.30. The molecule has 2 saturated heterocycles. The molecule has 1 N–H and O–H groups in total. The van der Waals surface area contributed by atoms with E-state index in [1.54, 1.807) is 6.92 Å². The van der Waals surface area contributed by atoms with E-state index in [0.29, 0.717) is 26.2 Å². The summed E-state index contributed by atoms with van der Waals surface area (Å²) in [6.07, 6.45) is -3.35. The Hall–Kier alpha value is -0.530. The summed E-state index contributed by atoms with van der Waals surface area (Å²) in [6, 6.07) is 0. The van der Waals surface area contributed by atoms with Gasteiger partial charge in [-0.15, -0.1) is 12.4 Å². The van der Waals surface area contributed by atoms with E-state index in [1.165, 1.54) is 4.90 Å². The summed E-state index contributed by atoms with van der Waals surface area (Å²) in [5.74, 6) is 0.394. The van der Waals surface area contributed by atoms with Crippen LogP contribution in [-0.2, 0) is 4.79 Å². The van der Waals surface area contributed by atoms with Crippen molar-refractivity contribution in [2.24, 2.45) is 11.8 Å². The number of hydrogen-bond donors (Lipinski definition) is 1. The summed E-state index contributed by atoms with van der Waals surface area (Å²) < 4.78 is 37.3. The van der Waals surface area contributed by atoms with E-state index in [4.69, 9.17) is 0 Å². The molecular formula is C13H23ClF3N3O. The molecule has 1 atom stereocenters. The predicted molar refractivity (Wildman–Crippen MR) is 76.5 cm³/mol. The molecule has 2 heterocycles. The van der Waals surface area contributed by atoms with Crippen molar-refractivity contribution in [2.45, 2.75) is 19.5 Å². The van der Waals surface area contributed by atoms with Gasteiger partial charge in [0.15, 0.2) is 0 Å². The van der Waals surface area contributed by atoms with Gasteiger partial charge in [-0.05, 0) is 18.9 Å². The van der Waals surface area contributed by atoms with Crippen LogP contribution in [0.15, 0.2) is 0 Å². The number of carbonyl (C=O) groups is 1. The highest BCUT2D eigenvalue weighted by molar-refractivity contribution is 5.85. The van der Waals surface area contributed by atoms with Gasteiger partial charge in [0.2, 0.25) is 5.91 Å². The summed E-state index contributed by atoms with van der Waals surface area (Å²) in [6.45, 7) is 4.43. The number of likely N-dealkylation sites (tertiary alicyclic amines) is 1. The summed E-state index contributed by atoms with van der Waals surface area (Å²) in [5.41, 5.74) is 0. The van der Waals surface area contributed by atoms with Gasteiger partial charge in [0.05, 0.1) is 12.5 Å². The minimum atomic E-state index is -4.15. The first-order valence-electron chi connectivity index (χ1n) is 7.17. The highest BCUT2D eigenvalue weighted by atomic mass is 35.5. The van der Waals surface area contributed by atoms with E-state index in [9.17, 15) is 18.0 Å². The third-order valence-corrected chi connectivity index (χ3v) is 4.09. The Morgan fingerprint density at radius 3 is 2.52 bits per heavy atom. The molecule has 2 fully saturated rings. The lowest BCUT2D eigenvalue weighted by Gasteiger charge is -2.30. The number of hydrogen-bond acceptors (Lipinski definition) is 3. The predicted octanol–water partition coefficient (Wildman–Crippen LogP) is 1.36. The second-order valence-corrected chi connectivity index (χ2v) is 5.74. The molecule has 1 amide bonds. The molecule has 2 aliphatic rings. The minimum absolute atomic E-state index is 0. The van der Waals surface area contributed by atoms with Crippen molar-refractivity contribution in [3.8, 4) is 0 Å². The lowest BCUT2D eigenvalue weighted by molar-refractivity contribution is -0.147. The molecule has 0 saturated carbocycles. The van der Waals surface area contributed by atoms with E-state index in [-0.39, 0.29) is 30.2 Å². The SMILES string of the molecule is CCN(CC1CCN(C(=O)C2CNC2)C1)CC(F)(F)F.Cl. The van der Waals surface area contributed by atoms with Crippen molar-refractivity contribution < 1.29 is 18.0 Å². The van der Waals surface area contributed by atoms with Crippen LogP contribution >= 0.6 is 12.4 Å². The van der Waals surface area contributed by atoms with Gasteiger partial charge in [-0.25, -0.2) is 0 Å². The Balaban J connectivity index is 0.00000220. The maximum atomic E-state index is 12.4. The van der Waals surface area contributed by atoms with Gasteiger partial charge in [-0.1, -0.05) is 6.92 Å². The van der Waals surface area contributed by atoms with Crippen LogP contribution in [0.1, 0.15) is 13.3 Å². The molecule has 0 aliphatic carbocycles. The van der Waals surface area contributed by atoms with E-state index >= 15 is 0 Å². The maximum absolute atomic E-state index is 12.4. The molecule has 0 aromatic carbocycles. The van der Waals surface area contributed by atoms with Crippen molar-refractivity contribution in [3.05, 3.63) is 0 Å². The highest BCUT2D eigenvalue weighted by Gasteiger charge is 2.35. The summed E-state index contributed by atoms with van der Waals surface area (Å²) in [4.78, 5) is 15.3. The van der Waals surface area contributed by atoms with Gasteiger partial charge in [-0.3, -0.25) is 9.69 Å². The molecule has 124 valence electrons. The second kappa shape index (κ2) is 7.65. The van der Waals surface area contributed by atoms with Crippen molar-refractivity contribution in [3.63, 3.8) is 0 Å². The Kier molecular flexibility index (Phi) is 6.74. The smallest absolute Gasteiger partial charge is 0.342 e. The van der Waals surface area contributed by atoms with Crippen LogP contribution in [-0.4, -0.2) is 67.7 Å². The van der Waals surface area contributed by atoms with E-state index in [0.717, 1.165) is 19.5 Å². The van der Waals surface area contributed by atoms with Gasteiger partial charge >= 0.3 is 6.18 Å². The standard InChI is InChI=1S/C13H22F3N3O.ClH/c1-2-18(9-13(14,15)16)7-10-3-4-19(8-10)12(20)11-5-17-6-11;/h10-11,17H,2-9H2,1H3;1H. The van der Waals surface area contributed by atoms with Crippen LogP contribution in [0.2, 0.25) is 0 Å². The summed E-state index contributed by atoms with van der Waals surface area (Å²) in [7, 11) is 0. The third-order valence-electron chi connectivity index (χ3n) is 4.09. The van der Waals surface area contributed by atoms with Crippen molar-refractivity contribution in [2.75, 3.05) is 45.8 Å². The van der Waals surface area contributed by atoms with E-state index < -0.39 is 12.7 Å². The van der Waals surface area contributed by atoms with Crippen LogP contribution in [0.5, 0.6) is 0 Å². The number of halogens is 4. The zero-order valence-corrected chi connectivity index (χ0v) is 13.0. The van der Waals surface area contributed by atoms with Crippen molar-refractivity contribution in [1.82, 2.24) is 15.1 Å². The number of amides is 1. The first-order valence-corrected chi connectivity index (χ1v) is 7.17. The average molecular weight is 330 g/mol. The molecule has 0 aromatic heterocycles. The Bertz CT molecular complexity index is 350. The fraction of sp³-hybridized carbons (Fsp3) is 0.923. The number of carbonyl (C=O) groups excluding carboxylic acids is 1. The molecule has 0 radical (unpaired) electrons. The Morgan fingerprint density at radius 2 is 2.05 bits per heavy atom. The Labute approximate surface area is 129 Å².